The van der Waals surface area contributed by atoms with E-state index in [-0.39, 0.29) is 29.5 Å². The Bertz CT molecular complexity index is 762. The van der Waals surface area contributed by atoms with E-state index in [1.807, 2.05) is 6.08 Å². The van der Waals surface area contributed by atoms with Crippen LogP contribution in [0, 0.1) is 23.2 Å². The van der Waals surface area contributed by atoms with Gasteiger partial charge in [0, 0.05) is 23.3 Å². The molecule has 2 bridgehead atoms. The maximum absolute atomic E-state index is 12.6. The number of rotatable bonds is 4. The van der Waals surface area contributed by atoms with E-state index < -0.39 is 0 Å². The fourth-order valence-corrected chi connectivity index (χ4v) is 6.32. The van der Waals surface area contributed by atoms with Gasteiger partial charge in [0.15, 0.2) is 17.6 Å². The van der Waals surface area contributed by atoms with E-state index in [4.69, 9.17) is 19.7 Å². The molecule has 0 aromatic carbocycles. The van der Waals surface area contributed by atoms with Crippen LogP contribution in [0.3, 0.4) is 0 Å². The van der Waals surface area contributed by atoms with Gasteiger partial charge in [-0.3, -0.25) is 4.79 Å². The Hall–Kier alpha value is -1.63. The number of carbonyl (C=O) groups is 1. The summed E-state index contributed by atoms with van der Waals surface area (Å²) in [5, 5.41) is 17.4. The topological polar surface area (TPSA) is 79.2 Å². The number of likely N-dealkylation sites (tertiary alicyclic amines) is 1. The number of allylic oxidation sites excluding steroid dienone is 3. The maximum atomic E-state index is 12.6. The molecular weight excluding hydrogens is 382 g/mol. The fraction of sp³-hybridized carbons (Fsp3) is 0.708. The van der Waals surface area contributed by atoms with E-state index in [9.17, 15) is 4.79 Å². The van der Waals surface area contributed by atoms with Gasteiger partial charge in [-0.2, -0.15) is 0 Å². The lowest BCUT2D eigenvalue weighted by Gasteiger charge is -2.59. The van der Waals surface area contributed by atoms with Crippen molar-refractivity contribution in [1.29, 1.82) is 0 Å². The van der Waals surface area contributed by atoms with Crippen LogP contribution in [-0.4, -0.2) is 66.0 Å². The van der Waals surface area contributed by atoms with E-state index in [0.717, 1.165) is 30.9 Å². The van der Waals surface area contributed by atoms with Gasteiger partial charge >= 0.3 is 0 Å². The third kappa shape index (κ3) is 3.33. The number of aliphatic hydroxyl groups excluding tert-OH is 2. The van der Waals surface area contributed by atoms with Crippen molar-refractivity contribution >= 4 is 5.78 Å². The summed E-state index contributed by atoms with van der Waals surface area (Å²) in [4.78, 5) is 15.0. The van der Waals surface area contributed by atoms with Crippen LogP contribution >= 0.6 is 0 Å². The summed E-state index contributed by atoms with van der Waals surface area (Å²) in [6.45, 7) is 4.50. The number of hydrogen-bond donors (Lipinski definition) is 2. The molecule has 8 atom stereocenters. The first-order valence-corrected chi connectivity index (χ1v) is 11.2. The normalized spacial score (nSPS) is 40.2. The van der Waals surface area contributed by atoms with Gasteiger partial charge in [-0.25, -0.2) is 0 Å². The van der Waals surface area contributed by atoms with E-state index >= 15 is 0 Å². The van der Waals surface area contributed by atoms with Gasteiger partial charge < -0.3 is 24.6 Å². The van der Waals surface area contributed by atoms with Crippen LogP contribution in [0.15, 0.2) is 35.8 Å². The fourth-order valence-electron chi connectivity index (χ4n) is 6.32. The molecule has 0 radical (unpaired) electrons. The molecule has 0 amide bonds. The molecule has 2 saturated heterocycles. The second-order valence-corrected chi connectivity index (χ2v) is 9.64. The summed E-state index contributed by atoms with van der Waals surface area (Å²) < 4.78 is 11.8. The van der Waals surface area contributed by atoms with Gasteiger partial charge in [0.25, 0.3) is 0 Å². The number of hydrogen-bond acceptors (Lipinski definition) is 6. The summed E-state index contributed by atoms with van der Waals surface area (Å²) >= 11 is 0. The lowest BCUT2D eigenvalue weighted by molar-refractivity contribution is -0.140. The van der Waals surface area contributed by atoms with E-state index in [2.05, 4.69) is 24.1 Å². The van der Waals surface area contributed by atoms with Crippen molar-refractivity contribution in [2.75, 3.05) is 20.7 Å². The van der Waals surface area contributed by atoms with Gasteiger partial charge in [0.05, 0.1) is 19.3 Å². The summed E-state index contributed by atoms with van der Waals surface area (Å²) in [5.41, 5.74) is -0.0597. The highest BCUT2D eigenvalue weighted by atomic mass is 16.5. The number of ketones is 1. The molecule has 3 fully saturated rings. The molecule has 4 unspecified atom stereocenters. The summed E-state index contributed by atoms with van der Waals surface area (Å²) in [5.74, 6) is 3.07. The minimum atomic E-state index is -0.313. The molecular formula is C24H35NO5. The molecule has 1 saturated carbocycles. The second-order valence-electron chi connectivity index (χ2n) is 9.64. The Morgan fingerprint density at radius 2 is 1.93 bits per heavy atom. The maximum Gasteiger partial charge on any atom is 0.196 e. The van der Waals surface area contributed by atoms with Crippen molar-refractivity contribution in [3.63, 3.8) is 0 Å². The van der Waals surface area contributed by atoms with Crippen LogP contribution in [0.4, 0.5) is 0 Å². The van der Waals surface area contributed by atoms with Crippen LogP contribution in [0.25, 0.3) is 0 Å². The third-order valence-electron chi connectivity index (χ3n) is 7.72. The molecule has 5 rings (SSSR count). The third-order valence-corrected chi connectivity index (χ3v) is 7.72. The molecule has 2 aliphatic heterocycles. The van der Waals surface area contributed by atoms with E-state index in [0.29, 0.717) is 36.6 Å². The number of piperidine rings is 1. The average molecular weight is 418 g/mol. The SMILES string of the molecule is CC(O)CCC(C)O.COC1=C2O[C@H]3C(=O)C=C[C@H]4[C@H]5CC(C=C1)C2[C@@]34CCN5C. The molecule has 3 aliphatic carbocycles. The monoisotopic (exact) mass is 417 g/mol. The molecule has 0 aromatic heterocycles. The van der Waals surface area contributed by atoms with Gasteiger partial charge in [-0.15, -0.1) is 0 Å². The Morgan fingerprint density at radius 1 is 1.23 bits per heavy atom. The van der Waals surface area contributed by atoms with Crippen LogP contribution in [-0.2, 0) is 14.3 Å². The Morgan fingerprint density at radius 3 is 2.57 bits per heavy atom. The largest absolute Gasteiger partial charge is 0.493 e. The molecule has 6 nitrogen and oxygen atoms in total. The lowest BCUT2D eigenvalue weighted by atomic mass is 9.48. The van der Waals surface area contributed by atoms with Crippen LogP contribution < -0.4 is 0 Å². The highest BCUT2D eigenvalue weighted by Gasteiger charge is 2.69. The first-order chi connectivity index (χ1) is 14.3. The quantitative estimate of drug-likeness (QED) is 0.731. The summed E-state index contributed by atoms with van der Waals surface area (Å²) in [7, 11) is 3.91. The first-order valence-electron chi connectivity index (χ1n) is 11.2. The van der Waals surface area contributed by atoms with Gasteiger partial charge in [0.1, 0.15) is 5.76 Å². The van der Waals surface area contributed by atoms with E-state index in [1.165, 1.54) is 0 Å². The molecule has 5 aliphatic rings. The number of nitrogens with zero attached hydrogens (tertiary/aromatic N) is 1. The lowest BCUT2D eigenvalue weighted by Crippen LogP contribution is -2.64. The molecule has 2 N–H and O–H groups in total. The van der Waals surface area contributed by atoms with Crippen molar-refractivity contribution in [3.8, 4) is 0 Å². The van der Waals surface area contributed by atoms with Crippen LogP contribution in [0.2, 0.25) is 0 Å². The Balaban J connectivity index is 0.000000235. The zero-order chi connectivity index (χ0) is 21.6. The number of carbonyl (C=O) groups excluding carboxylic acids is 1. The van der Waals surface area contributed by atoms with Crippen molar-refractivity contribution in [3.05, 3.63) is 35.8 Å². The van der Waals surface area contributed by atoms with Crippen molar-refractivity contribution < 1.29 is 24.5 Å². The van der Waals surface area contributed by atoms with Crippen LogP contribution in [0.1, 0.15) is 39.5 Å². The highest BCUT2D eigenvalue weighted by Crippen LogP contribution is 2.66. The summed E-state index contributed by atoms with van der Waals surface area (Å²) in [6.07, 6.45) is 10.9. The van der Waals surface area contributed by atoms with Crippen molar-refractivity contribution in [1.82, 2.24) is 4.90 Å². The molecule has 2 heterocycles. The van der Waals surface area contributed by atoms with Crippen molar-refractivity contribution in [2.24, 2.45) is 23.2 Å². The van der Waals surface area contributed by atoms with Gasteiger partial charge in [-0.1, -0.05) is 12.2 Å². The van der Waals surface area contributed by atoms with Crippen LogP contribution in [0.5, 0.6) is 0 Å². The van der Waals surface area contributed by atoms with Crippen molar-refractivity contribution in [2.45, 2.75) is 63.9 Å². The molecule has 166 valence electrons. The molecule has 1 spiro atoms. The molecule has 30 heavy (non-hydrogen) atoms. The molecule has 6 heteroatoms. The minimum absolute atomic E-state index is 0.0597. The first kappa shape index (κ1) is 21.6. The minimum Gasteiger partial charge on any atom is -0.493 e. The summed E-state index contributed by atoms with van der Waals surface area (Å²) in [6, 6.07) is 0.513. The Kier molecular flexibility index (Phi) is 5.86. The number of ether oxygens (including phenoxy) is 2. The molecule has 0 aromatic rings. The van der Waals surface area contributed by atoms with Gasteiger partial charge in [-0.05, 0) is 71.2 Å². The van der Waals surface area contributed by atoms with E-state index in [1.54, 1.807) is 27.0 Å². The predicted octanol–water partition coefficient (Wildman–Crippen LogP) is 2.42. The van der Waals surface area contributed by atoms with Gasteiger partial charge in [0.2, 0.25) is 0 Å². The zero-order valence-electron chi connectivity index (χ0n) is 18.5. The average Bonchev–Trinajstić information content (AvgIpc) is 3.06. The standard InChI is InChI=1S/C18H21NO3.C6H14O2/c1-19-8-7-18-11-4-5-13(20)17(18)22-16-14(21-2)6-3-10(15(16)18)9-12(11)19;1-5(7)3-4-6(2)8/h3-6,10-12,15,17H,7-9H2,1-2H3;5-8H,3-4H2,1-2H3/t10?,11-,12+,15?,17-,18-;/m0./s1. The predicted molar refractivity (Wildman–Crippen MR) is 113 cm³/mol. The smallest absolute Gasteiger partial charge is 0.196 e. The second kappa shape index (κ2) is 8.13. The zero-order valence-corrected chi connectivity index (χ0v) is 18.5. The number of aliphatic hydroxyl groups is 2. The Labute approximate surface area is 179 Å². The number of methoxy groups -OCH3 is 1. The highest BCUT2D eigenvalue weighted by molar-refractivity contribution is 5.96.